The highest BCUT2D eigenvalue weighted by Crippen LogP contribution is 2.12. The van der Waals surface area contributed by atoms with Crippen molar-refractivity contribution in [1.29, 1.82) is 0 Å². The SMILES string of the molecule is OC1CN(Cc2cncc(F)c2)C1. The van der Waals surface area contributed by atoms with Gasteiger partial charge in [-0.15, -0.1) is 0 Å². The first-order valence-corrected chi connectivity index (χ1v) is 4.24. The summed E-state index contributed by atoms with van der Waals surface area (Å²) in [7, 11) is 0. The second-order valence-electron chi connectivity index (χ2n) is 3.36. The fourth-order valence-corrected chi connectivity index (χ4v) is 1.47. The molecule has 1 fully saturated rings. The summed E-state index contributed by atoms with van der Waals surface area (Å²) in [5, 5.41) is 9.02. The summed E-state index contributed by atoms with van der Waals surface area (Å²) in [4.78, 5) is 5.79. The Bertz CT molecular complexity index is 299. The second kappa shape index (κ2) is 3.40. The molecule has 3 nitrogen and oxygen atoms in total. The van der Waals surface area contributed by atoms with Crippen LogP contribution in [-0.2, 0) is 6.54 Å². The summed E-state index contributed by atoms with van der Waals surface area (Å²) in [5.74, 6) is -0.307. The molecule has 0 aliphatic carbocycles. The molecular formula is C9H11FN2O. The third-order valence-corrected chi connectivity index (χ3v) is 2.11. The van der Waals surface area contributed by atoms with Gasteiger partial charge in [-0.25, -0.2) is 4.39 Å². The molecule has 0 radical (unpaired) electrons. The normalized spacial score (nSPS) is 18.6. The van der Waals surface area contributed by atoms with Gasteiger partial charge < -0.3 is 5.11 Å². The molecule has 1 aliphatic heterocycles. The van der Waals surface area contributed by atoms with E-state index in [0.29, 0.717) is 19.6 Å². The molecule has 1 aromatic rings. The van der Waals surface area contributed by atoms with Crippen molar-refractivity contribution in [1.82, 2.24) is 9.88 Å². The van der Waals surface area contributed by atoms with Crippen molar-refractivity contribution < 1.29 is 9.50 Å². The Balaban J connectivity index is 1.94. The highest BCUT2D eigenvalue weighted by molar-refractivity contribution is 5.10. The molecule has 2 rings (SSSR count). The standard InChI is InChI=1S/C9H11FN2O/c10-8-1-7(2-11-3-8)4-12-5-9(13)6-12/h1-3,9,13H,4-6H2. The Morgan fingerprint density at radius 3 is 2.92 bits per heavy atom. The molecular weight excluding hydrogens is 171 g/mol. The van der Waals surface area contributed by atoms with Crippen molar-refractivity contribution >= 4 is 0 Å². The van der Waals surface area contributed by atoms with Gasteiger partial charge in [0.2, 0.25) is 0 Å². The van der Waals surface area contributed by atoms with Gasteiger partial charge in [0.05, 0.1) is 12.3 Å². The molecule has 0 amide bonds. The average molecular weight is 182 g/mol. The second-order valence-corrected chi connectivity index (χ2v) is 3.36. The molecule has 1 saturated heterocycles. The minimum absolute atomic E-state index is 0.207. The molecule has 0 unspecified atom stereocenters. The lowest BCUT2D eigenvalue weighted by molar-refractivity contribution is -0.00295. The predicted octanol–water partition coefficient (Wildman–Crippen LogP) is 0.397. The molecule has 0 atom stereocenters. The number of hydrogen-bond acceptors (Lipinski definition) is 3. The summed E-state index contributed by atoms with van der Waals surface area (Å²) in [5.41, 5.74) is 0.854. The maximum atomic E-state index is 12.7. The molecule has 0 bridgehead atoms. The van der Waals surface area contributed by atoms with E-state index in [1.165, 1.54) is 12.3 Å². The van der Waals surface area contributed by atoms with Crippen LogP contribution in [0.15, 0.2) is 18.5 Å². The molecule has 13 heavy (non-hydrogen) atoms. The van der Waals surface area contributed by atoms with Gasteiger partial charge in [-0.3, -0.25) is 9.88 Å². The van der Waals surface area contributed by atoms with Gasteiger partial charge >= 0.3 is 0 Å². The zero-order valence-electron chi connectivity index (χ0n) is 7.15. The maximum absolute atomic E-state index is 12.7. The van der Waals surface area contributed by atoms with Crippen molar-refractivity contribution in [2.24, 2.45) is 0 Å². The van der Waals surface area contributed by atoms with E-state index in [4.69, 9.17) is 5.11 Å². The van der Waals surface area contributed by atoms with Gasteiger partial charge in [0.25, 0.3) is 0 Å². The smallest absolute Gasteiger partial charge is 0.141 e. The molecule has 0 saturated carbocycles. The van der Waals surface area contributed by atoms with Crippen LogP contribution < -0.4 is 0 Å². The van der Waals surface area contributed by atoms with E-state index in [2.05, 4.69) is 4.98 Å². The van der Waals surface area contributed by atoms with Crippen LogP contribution in [0.5, 0.6) is 0 Å². The van der Waals surface area contributed by atoms with E-state index >= 15 is 0 Å². The fourth-order valence-electron chi connectivity index (χ4n) is 1.47. The molecule has 1 N–H and O–H groups in total. The maximum Gasteiger partial charge on any atom is 0.141 e. The van der Waals surface area contributed by atoms with E-state index in [1.807, 2.05) is 4.90 Å². The number of aliphatic hydroxyl groups excluding tert-OH is 1. The predicted molar refractivity (Wildman–Crippen MR) is 45.5 cm³/mol. The Kier molecular flexibility index (Phi) is 2.24. The highest BCUT2D eigenvalue weighted by atomic mass is 19.1. The number of halogens is 1. The average Bonchev–Trinajstić information content (AvgIpc) is 2.01. The number of β-amino-alcohol motifs (C(OH)–C–C–N with tert-alkyl or cyclic N) is 1. The number of nitrogens with zero attached hydrogens (tertiary/aromatic N) is 2. The van der Waals surface area contributed by atoms with Crippen molar-refractivity contribution in [2.75, 3.05) is 13.1 Å². The van der Waals surface area contributed by atoms with Gasteiger partial charge in [0, 0.05) is 25.8 Å². The summed E-state index contributed by atoms with van der Waals surface area (Å²) >= 11 is 0. The van der Waals surface area contributed by atoms with Gasteiger partial charge in [-0.05, 0) is 11.6 Å². The quantitative estimate of drug-likeness (QED) is 0.719. The molecule has 4 heteroatoms. The Morgan fingerprint density at radius 2 is 2.31 bits per heavy atom. The van der Waals surface area contributed by atoms with Crippen molar-refractivity contribution in [2.45, 2.75) is 12.6 Å². The Labute approximate surface area is 75.8 Å². The largest absolute Gasteiger partial charge is 0.390 e. The third kappa shape index (κ3) is 2.02. The Hall–Kier alpha value is -1.00. The number of aliphatic hydroxyl groups is 1. The van der Waals surface area contributed by atoms with Crippen LogP contribution in [0.25, 0.3) is 0 Å². The number of aromatic nitrogens is 1. The monoisotopic (exact) mass is 182 g/mol. The van der Waals surface area contributed by atoms with Gasteiger partial charge in [0.15, 0.2) is 0 Å². The molecule has 1 aliphatic rings. The number of pyridine rings is 1. The summed E-state index contributed by atoms with van der Waals surface area (Å²) < 4.78 is 12.7. The molecule has 0 aromatic carbocycles. The lowest BCUT2D eigenvalue weighted by Gasteiger charge is -2.35. The van der Waals surface area contributed by atoms with Crippen LogP contribution in [-0.4, -0.2) is 34.2 Å². The van der Waals surface area contributed by atoms with Gasteiger partial charge in [-0.1, -0.05) is 0 Å². The van der Waals surface area contributed by atoms with Crippen LogP contribution in [0.2, 0.25) is 0 Å². The molecule has 70 valence electrons. The third-order valence-electron chi connectivity index (χ3n) is 2.11. The molecule has 1 aromatic heterocycles. The van der Waals surface area contributed by atoms with Crippen LogP contribution in [0.1, 0.15) is 5.56 Å². The summed E-state index contributed by atoms with van der Waals surface area (Å²) in [6, 6.07) is 1.47. The molecule has 0 spiro atoms. The van der Waals surface area contributed by atoms with E-state index in [9.17, 15) is 4.39 Å². The first-order chi connectivity index (χ1) is 6.24. The lowest BCUT2D eigenvalue weighted by atomic mass is 10.1. The van der Waals surface area contributed by atoms with Crippen LogP contribution in [0, 0.1) is 5.82 Å². The minimum atomic E-state index is -0.307. The van der Waals surface area contributed by atoms with E-state index in [1.54, 1.807) is 6.20 Å². The molecule has 2 heterocycles. The van der Waals surface area contributed by atoms with Crippen LogP contribution in [0.3, 0.4) is 0 Å². The van der Waals surface area contributed by atoms with Crippen LogP contribution >= 0.6 is 0 Å². The van der Waals surface area contributed by atoms with Crippen LogP contribution in [0.4, 0.5) is 4.39 Å². The fraction of sp³-hybridized carbons (Fsp3) is 0.444. The zero-order valence-corrected chi connectivity index (χ0v) is 7.15. The van der Waals surface area contributed by atoms with Crippen molar-refractivity contribution in [3.8, 4) is 0 Å². The van der Waals surface area contributed by atoms with Gasteiger partial charge in [0.1, 0.15) is 5.82 Å². The highest BCUT2D eigenvalue weighted by Gasteiger charge is 2.23. The number of likely N-dealkylation sites (tertiary alicyclic amines) is 1. The van der Waals surface area contributed by atoms with E-state index in [0.717, 1.165) is 5.56 Å². The van der Waals surface area contributed by atoms with E-state index < -0.39 is 0 Å². The van der Waals surface area contributed by atoms with E-state index in [-0.39, 0.29) is 11.9 Å². The van der Waals surface area contributed by atoms with Gasteiger partial charge in [-0.2, -0.15) is 0 Å². The van der Waals surface area contributed by atoms with Crippen molar-refractivity contribution in [3.05, 3.63) is 29.8 Å². The first-order valence-electron chi connectivity index (χ1n) is 4.24. The number of rotatable bonds is 2. The number of hydrogen-bond donors (Lipinski definition) is 1. The Morgan fingerprint density at radius 1 is 1.54 bits per heavy atom. The summed E-state index contributed by atoms with van der Waals surface area (Å²) in [6.45, 7) is 2.02. The zero-order chi connectivity index (χ0) is 9.26. The summed E-state index contributed by atoms with van der Waals surface area (Å²) in [6.07, 6.45) is 2.63. The minimum Gasteiger partial charge on any atom is -0.390 e. The lowest BCUT2D eigenvalue weighted by Crippen LogP contribution is -2.49. The first kappa shape index (κ1) is 8.59. The van der Waals surface area contributed by atoms with Crippen molar-refractivity contribution in [3.63, 3.8) is 0 Å². The topological polar surface area (TPSA) is 36.4 Å².